The summed E-state index contributed by atoms with van der Waals surface area (Å²) in [7, 11) is 0. The molecule has 1 saturated heterocycles. The molecule has 0 radical (unpaired) electrons. The maximum atomic E-state index is 4.48. The van der Waals surface area contributed by atoms with Gasteiger partial charge < -0.3 is 10.2 Å². The van der Waals surface area contributed by atoms with E-state index in [0.717, 1.165) is 29.9 Å². The van der Waals surface area contributed by atoms with Crippen molar-refractivity contribution in [3.8, 4) is 0 Å². The average molecular weight is 247 g/mol. The molecule has 100 valence electrons. The molecule has 0 aromatic carbocycles. The van der Waals surface area contributed by atoms with Gasteiger partial charge in [0, 0.05) is 25.3 Å². The topological polar surface area (TPSA) is 28.2 Å². The van der Waals surface area contributed by atoms with Crippen molar-refractivity contribution < 1.29 is 0 Å². The third kappa shape index (κ3) is 3.98. The van der Waals surface area contributed by atoms with E-state index in [1.54, 1.807) is 0 Å². The molecule has 1 aliphatic rings. The van der Waals surface area contributed by atoms with Gasteiger partial charge in [-0.3, -0.25) is 0 Å². The second kappa shape index (κ2) is 6.19. The van der Waals surface area contributed by atoms with Crippen molar-refractivity contribution in [1.82, 2.24) is 9.88 Å². The summed E-state index contributed by atoms with van der Waals surface area (Å²) in [5, 5.41) is 3.46. The Morgan fingerprint density at radius 2 is 2.28 bits per heavy atom. The van der Waals surface area contributed by atoms with Crippen molar-refractivity contribution >= 4 is 5.82 Å². The molecule has 0 bridgehead atoms. The minimum absolute atomic E-state index is 0.770. The van der Waals surface area contributed by atoms with E-state index in [1.165, 1.54) is 26.1 Å². The van der Waals surface area contributed by atoms with E-state index in [9.17, 15) is 0 Å². The van der Waals surface area contributed by atoms with Crippen molar-refractivity contribution in [1.29, 1.82) is 0 Å². The Morgan fingerprint density at radius 1 is 1.44 bits per heavy atom. The van der Waals surface area contributed by atoms with Gasteiger partial charge in [0.2, 0.25) is 0 Å². The van der Waals surface area contributed by atoms with Gasteiger partial charge in [-0.25, -0.2) is 4.98 Å². The molecule has 1 aliphatic heterocycles. The van der Waals surface area contributed by atoms with Crippen LogP contribution in [0.4, 0.5) is 5.82 Å². The summed E-state index contributed by atoms with van der Waals surface area (Å²) in [5.41, 5.74) is 1.08. The summed E-state index contributed by atoms with van der Waals surface area (Å²) >= 11 is 0. The molecule has 1 aromatic rings. The van der Waals surface area contributed by atoms with Crippen LogP contribution in [0.2, 0.25) is 0 Å². The molecule has 1 aromatic heterocycles. The van der Waals surface area contributed by atoms with Gasteiger partial charge in [0.05, 0.1) is 0 Å². The number of nitrogens with one attached hydrogen (secondary N) is 1. The van der Waals surface area contributed by atoms with Gasteiger partial charge in [-0.2, -0.15) is 0 Å². The Labute approximate surface area is 111 Å². The summed E-state index contributed by atoms with van der Waals surface area (Å²) in [5.74, 6) is 2.55. The molecule has 1 atom stereocenters. The van der Waals surface area contributed by atoms with Crippen LogP contribution >= 0.6 is 0 Å². The first-order valence-corrected chi connectivity index (χ1v) is 7.03. The zero-order valence-electron chi connectivity index (χ0n) is 11.8. The van der Waals surface area contributed by atoms with Gasteiger partial charge in [0.15, 0.2) is 0 Å². The molecule has 1 N–H and O–H groups in total. The van der Waals surface area contributed by atoms with Gasteiger partial charge in [0.1, 0.15) is 5.82 Å². The van der Waals surface area contributed by atoms with E-state index in [-0.39, 0.29) is 0 Å². The number of aromatic nitrogens is 1. The first kappa shape index (κ1) is 13.3. The Morgan fingerprint density at radius 3 is 3.00 bits per heavy atom. The van der Waals surface area contributed by atoms with Gasteiger partial charge in [-0.15, -0.1) is 0 Å². The van der Waals surface area contributed by atoms with Crippen LogP contribution in [-0.4, -0.2) is 36.1 Å². The number of aryl methyl sites for hydroxylation is 1. The lowest BCUT2D eigenvalue weighted by Gasteiger charge is -2.18. The van der Waals surface area contributed by atoms with Crippen LogP contribution in [0.25, 0.3) is 0 Å². The van der Waals surface area contributed by atoms with E-state index in [2.05, 4.69) is 35.1 Å². The highest BCUT2D eigenvalue weighted by atomic mass is 15.2. The normalized spacial score (nSPS) is 20.6. The lowest BCUT2D eigenvalue weighted by atomic mass is 10.1. The van der Waals surface area contributed by atoms with E-state index >= 15 is 0 Å². The van der Waals surface area contributed by atoms with E-state index in [1.807, 2.05) is 19.1 Å². The molecule has 2 heterocycles. The molecule has 1 fully saturated rings. The van der Waals surface area contributed by atoms with Crippen LogP contribution < -0.4 is 5.32 Å². The molecular formula is C15H25N3. The third-order valence-electron chi connectivity index (χ3n) is 3.45. The van der Waals surface area contributed by atoms with Crippen molar-refractivity contribution in [2.75, 3.05) is 31.5 Å². The number of anilines is 1. The van der Waals surface area contributed by atoms with Crippen LogP contribution in [0.5, 0.6) is 0 Å². The highest BCUT2D eigenvalue weighted by Gasteiger charge is 2.22. The molecule has 1 unspecified atom stereocenters. The summed E-state index contributed by atoms with van der Waals surface area (Å²) < 4.78 is 0. The number of rotatable bonds is 5. The maximum Gasteiger partial charge on any atom is 0.126 e. The van der Waals surface area contributed by atoms with Crippen molar-refractivity contribution in [2.24, 2.45) is 11.8 Å². The number of nitrogens with zero attached hydrogens (tertiary/aromatic N) is 2. The highest BCUT2D eigenvalue weighted by molar-refractivity contribution is 5.35. The second-order valence-corrected chi connectivity index (χ2v) is 5.85. The minimum Gasteiger partial charge on any atom is -0.370 e. The quantitative estimate of drug-likeness (QED) is 0.867. The summed E-state index contributed by atoms with van der Waals surface area (Å²) in [6.07, 6.45) is 1.31. The van der Waals surface area contributed by atoms with Crippen LogP contribution in [0.15, 0.2) is 18.2 Å². The fourth-order valence-electron chi connectivity index (χ4n) is 2.65. The van der Waals surface area contributed by atoms with E-state index in [0.29, 0.717) is 0 Å². The third-order valence-corrected chi connectivity index (χ3v) is 3.45. The van der Waals surface area contributed by atoms with Gasteiger partial charge >= 0.3 is 0 Å². The molecule has 0 amide bonds. The molecule has 2 rings (SSSR count). The Bertz CT molecular complexity index is 376. The molecular weight excluding hydrogens is 222 g/mol. The fourth-order valence-corrected chi connectivity index (χ4v) is 2.65. The summed E-state index contributed by atoms with van der Waals surface area (Å²) in [6, 6.07) is 6.14. The minimum atomic E-state index is 0.770. The second-order valence-electron chi connectivity index (χ2n) is 5.85. The number of hydrogen-bond donors (Lipinski definition) is 1. The van der Waals surface area contributed by atoms with Crippen LogP contribution in [-0.2, 0) is 0 Å². The SMILES string of the molecule is Cc1cccc(NCC2CCN(CC(C)C)C2)n1. The number of hydrogen-bond acceptors (Lipinski definition) is 3. The maximum absolute atomic E-state index is 4.48. The van der Waals surface area contributed by atoms with Crippen molar-refractivity contribution in [3.05, 3.63) is 23.9 Å². The summed E-state index contributed by atoms with van der Waals surface area (Å²) in [4.78, 5) is 7.06. The van der Waals surface area contributed by atoms with Crippen LogP contribution in [0.3, 0.4) is 0 Å². The molecule has 18 heavy (non-hydrogen) atoms. The predicted octanol–water partition coefficient (Wildman–Crippen LogP) is 2.78. The van der Waals surface area contributed by atoms with E-state index < -0.39 is 0 Å². The Balaban J connectivity index is 1.75. The van der Waals surface area contributed by atoms with Gasteiger partial charge in [0.25, 0.3) is 0 Å². The lowest BCUT2D eigenvalue weighted by molar-refractivity contribution is 0.289. The predicted molar refractivity (Wildman–Crippen MR) is 76.8 cm³/mol. The van der Waals surface area contributed by atoms with Gasteiger partial charge in [-0.1, -0.05) is 19.9 Å². The standard InChI is InChI=1S/C15H25N3/c1-12(2)10-18-8-7-14(11-18)9-16-15-6-4-5-13(3)17-15/h4-6,12,14H,7-11H2,1-3H3,(H,16,17). The van der Waals surface area contributed by atoms with E-state index in [4.69, 9.17) is 0 Å². The molecule has 0 aliphatic carbocycles. The van der Waals surface area contributed by atoms with Gasteiger partial charge in [-0.05, 0) is 43.9 Å². The largest absolute Gasteiger partial charge is 0.370 e. The fraction of sp³-hybridized carbons (Fsp3) is 0.667. The summed E-state index contributed by atoms with van der Waals surface area (Å²) in [6.45, 7) is 11.4. The first-order valence-electron chi connectivity index (χ1n) is 7.03. The van der Waals surface area contributed by atoms with Crippen molar-refractivity contribution in [2.45, 2.75) is 27.2 Å². The van der Waals surface area contributed by atoms with Crippen molar-refractivity contribution in [3.63, 3.8) is 0 Å². The number of likely N-dealkylation sites (tertiary alicyclic amines) is 1. The molecule has 0 saturated carbocycles. The van der Waals surface area contributed by atoms with Crippen LogP contribution in [0.1, 0.15) is 26.0 Å². The van der Waals surface area contributed by atoms with Crippen LogP contribution in [0, 0.1) is 18.8 Å². The monoisotopic (exact) mass is 247 g/mol. The smallest absolute Gasteiger partial charge is 0.126 e. The molecule has 3 heteroatoms. The molecule has 3 nitrogen and oxygen atoms in total. The molecule has 0 spiro atoms. The zero-order valence-corrected chi connectivity index (χ0v) is 11.8. The Hall–Kier alpha value is -1.09. The number of pyridine rings is 1. The lowest BCUT2D eigenvalue weighted by Crippen LogP contribution is -2.26. The zero-order chi connectivity index (χ0) is 13.0. The Kier molecular flexibility index (Phi) is 4.59. The first-order chi connectivity index (χ1) is 8.63. The highest BCUT2D eigenvalue weighted by Crippen LogP contribution is 2.18. The average Bonchev–Trinajstić information content (AvgIpc) is 2.73.